The molecule has 0 bridgehead atoms. The molecule has 8 nitrogen and oxygen atoms in total. The molecule has 3 fully saturated rings. The van der Waals surface area contributed by atoms with E-state index in [1.807, 2.05) is 33.8 Å². The predicted molar refractivity (Wildman–Crippen MR) is 133 cm³/mol. The predicted octanol–water partition coefficient (Wildman–Crippen LogP) is 4.69. The third-order valence-electron chi connectivity index (χ3n) is 9.33. The van der Waals surface area contributed by atoms with Crippen LogP contribution in [0.4, 0.5) is 4.79 Å². The molecule has 8 heteroatoms. The van der Waals surface area contributed by atoms with Crippen molar-refractivity contribution in [2.45, 2.75) is 84.7 Å². The van der Waals surface area contributed by atoms with Gasteiger partial charge in [-0.05, 0) is 62.5 Å². The maximum absolute atomic E-state index is 13.9. The van der Waals surface area contributed by atoms with Gasteiger partial charge in [0.15, 0.2) is 18.0 Å². The zero-order valence-electron chi connectivity index (χ0n) is 22.3. The minimum absolute atomic E-state index is 0.00317. The number of carbonyl (C=O) groups is 5. The summed E-state index contributed by atoms with van der Waals surface area (Å²) in [7, 11) is 0. The van der Waals surface area contributed by atoms with E-state index in [4.69, 9.17) is 14.2 Å². The molecule has 202 valence electrons. The molecule has 0 aromatic rings. The minimum atomic E-state index is -1.62. The van der Waals surface area contributed by atoms with Crippen molar-refractivity contribution in [1.29, 1.82) is 0 Å². The number of ether oxygens (including phenoxy) is 3. The van der Waals surface area contributed by atoms with E-state index in [1.165, 1.54) is 0 Å². The van der Waals surface area contributed by atoms with Crippen LogP contribution in [0.5, 0.6) is 0 Å². The van der Waals surface area contributed by atoms with Gasteiger partial charge < -0.3 is 14.2 Å². The summed E-state index contributed by atoms with van der Waals surface area (Å²) in [5.41, 5.74) is -2.14. The fourth-order valence-corrected chi connectivity index (χ4v) is 7.60. The van der Waals surface area contributed by atoms with Crippen LogP contribution >= 0.6 is 0 Å². The van der Waals surface area contributed by atoms with Crippen molar-refractivity contribution in [3.8, 4) is 0 Å². The molecule has 0 heterocycles. The molecule has 0 aromatic heterocycles. The van der Waals surface area contributed by atoms with Gasteiger partial charge in [-0.1, -0.05) is 39.3 Å². The van der Waals surface area contributed by atoms with Crippen LogP contribution in [0.3, 0.4) is 0 Å². The number of hydrogen-bond donors (Lipinski definition) is 0. The van der Waals surface area contributed by atoms with Crippen LogP contribution in [-0.2, 0) is 33.4 Å². The average molecular weight is 515 g/mol. The second-order valence-electron chi connectivity index (χ2n) is 11.4. The molecule has 4 aliphatic carbocycles. The van der Waals surface area contributed by atoms with Gasteiger partial charge in [0.25, 0.3) is 0 Å². The largest absolute Gasteiger partial charge is 0.509 e. The molecular formula is C29H38O8. The topological polar surface area (TPSA) is 113 Å². The first-order valence-corrected chi connectivity index (χ1v) is 13.5. The summed E-state index contributed by atoms with van der Waals surface area (Å²) in [5, 5.41) is 0. The summed E-state index contributed by atoms with van der Waals surface area (Å²) in [6.45, 7) is 7.22. The molecule has 4 rings (SSSR count). The molecule has 3 saturated carbocycles. The molecule has 0 spiro atoms. The molecular weight excluding hydrogens is 476 g/mol. The Morgan fingerprint density at radius 1 is 1.05 bits per heavy atom. The van der Waals surface area contributed by atoms with E-state index in [0.717, 1.165) is 12.0 Å². The molecule has 0 saturated heterocycles. The van der Waals surface area contributed by atoms with Gasteiger partial charge in [0, 0.05) is 29.6 Å². The second-order valence-corrected chi connectivity index (χ2v) is 11.4. The van der Waals surface area contributed by atoms with Crippen LogP contribution in [0.25, 0.3) is 0 Å². The molecule has 37 heavy (non-hydrogen) atoms. The Morgan fingerprint density at radius 3 is 2.51 bits per heavy atom. The van der Waals surface area contributed by atoms with Gasteiger partial charge in [-0.25, -0.2) is 4.79 Å². The number of rotatable bonds is 8. The normalized spacial score (nSPS) is 36.1. The van der Waals surface area contributed by atoms with Crippen molar-refractivity contribution in [1.82, 2.24) is 0 Å². The van der Waals surface area contributed by atoms with Crippen molar-refractivity contribution in [2.24, 2.45) is 28.6 Å². The molecule has 0 unspecified atom stereocenters. The first-order chi connectivity index (χ1) is 17.5. The van der Waals surface area contributed by atoms with Crippen molar-refractivity contribution in [2.75, 3.05) is 13.2 Å². The van der Waals surface area contributed by atoms with Crippen molar-refractivity contribution in [3.63, 3.8) is 0 Å². The maximum Gasteiger partial charge on any atom is 0.509 e. The van der Waals surface area contributed by atoms with Gasteiger partial charge in [0.05, 0.1) is 6.61 Å². The zero-order valence-corrected chi connectivity index (χ0v) is 22.3. The lowest BCUT2D eigenvalue weighted by Gasteiger charge is -2.57. The quantitative estimate of drug-likeness (QED) is 0.429. The van der Waals surface area contributed by atoms with E-state index < -0.39 is 40.9 Å². The van der Waals surface area contributed by atoms with Gasteiger partial charge in [-0.3, -0.25) is 19.2 Å². The van der Waals surface area contributed by atoms with E-state index in [9.17, 15) is 24.0 Å². The zero-order chi connectivity index (χ0) is 27.0. The number of Topliss-reactive ketones (excluding diaryl/α,β-unsaturated/α-hetero) is 2. The van der Waals surface area contributed by atoms with E-state index in [-0.39, 0.29) is 55.2 Å². The van der Waals surface area contributed by atoms with Crippen LogP contribution in [0.1, 0.15) is 79.1 Å². The van der Waals surface area contributed by atoms with E-state index >= 15 is 0 Å². The highest BCUT2D eigenvalue weighted by Gasteiger charge is 2.70. The fraction of sp³-hybridized carbons (Fsp3) is 0.690. The first kappa shape index (κ1) is 27.3. The smallest absolute Gasteiger partial charge is 0.457 e. The second kappa shape index (κ2) is 10.2. The summed E-state index contributed by atoms with van der Waals surface area (Å²) < 4.78 is 16.3. The molecule has 0 radical (unpaired) electrons. The fourth-order valence-electron chi connectivity index (χ4n) is 7.60. The van der Waals surface area contributed by atoms with Crippen molar-refractivity contribution in [3.05, 3.63) is 23.8 Å². The number of fused-ring (bicyclic) bond motifs is 5. The third-order valence-corrected chi connectivity index (χ3v) is 9.33. The van der Waals surface area contributed by atoms with Gasteiger partial charge in [-0.2, -0.15) is 0 Å². The lowest BCUT2D eigenvalue weighted by atomic mass is 9.46. The number of ketones is 3. The van der Waals surface area contributed by atoms with Gasteiger partial charge in [0.2, 0.25) is 5.78 Å². The van der Waals surface area contributed by atoms with Gasteiger partial charge in [-0.15, -0.1) is 0 Å². The van der Waals surface area contributed by atoms with E-state index in [0.29, 0.717) is 25.7 Å². The highest BCUT2D eigenvalue weighted by molar-refractivity contribution is 6.02. The van der Waals surface area contributed by atoms with Crippen LogP contribution in [0, 0.1) is 28.6 Å². The maximum atomic E-state index is 13.9. The molecule has 6 atom stereocenters. The van der Waals surface area contributed by atoms with Crippen molar-refractivity contribution < 1.29 is 38.2 Å². The molecule has 0 aromatic carbocycles. The Balaban J connectivity index is 1.68. The summed E-state index contributed by atoms with van der Waals surface area (Å²) in [5.74, 6) is -1.45. The Morgan fingerprint density at radius 2 is 1.81 bits per heavy atom. The highest BCUT2D eigenvalue weighted by atomic mass is 16.7. The molecule has 0 amide bonds. The SMILES string of the molecule is CCCOC(=O)O[C@]1(C(=O)COC(=O)CCC)CC[C@H]2[C@@H]3CCC4=CC(=O)C=C[C@]4(C)[C@H]3C(=O)C[C@@]21C. The highest BCUT2D eigenvalue weighted by Crippen LogP contribution is 2.67. The van der Waals surface area contributed by atoms with Gasteiger partial charge >= 0.3 is 12.1 Å². The molecule has 0 N–H and O–H groups in total. The Kier molecular flexibility index (Phi) is 7.50. The Hall–Kier alpha value is -2.77. The summed E-state index contributed by atoms with van der Waals surface area (Å²) >= 11 is 0. The number of carbonyl (C=O) groups excluding carboxylic acids is 5. The number of hydrogen-bond acceptors (Lipinski definition) is 8. The minimum Gasteiger partial charge on any atom is -0.457 e. The van der Waals surface area contributed by atoms with Crippen LogP contribution in [0.2, 0.25) is 0 Å². The van der Waals surface area contributed by atoms with E-state index in [1.54, 1.807) is 12.2 Å². The molecule has 4 aliphatic rings. The standard InChI is InChI=1S/C29H38O8/c1-5-7-24(33)36-17-23(32)29(37-26(34)35-14-6-2)13-11-21-20-9-8-18-15-19(30)10-12-27(18,3)25(20)22(31)16-28(21,29)4/h10,12,15,20-21,25H,5-9,11,13-14,16-17H2,1-4H3/t20-,21-,25+,27-,28-,29-/m0/s1. The average Bonchev–Trinajstić information content (AvgIpc) is 3.13. The monoisotopic (exact) mass is 514 g/mol. The van der Waals surface area contributed by atoms with Crippen LogP contribution in [-0.4, -0.2) is 48.3 Å². The Bertz CT molecular complexity index is 1060. The van der Waals surface area contributed by atoms with Gasteiger partial charge in [0.1, 0.15) is 5.78 Å². The summed E-state index contributed by atoms with van der Waals surface area (Å²) in [4.78, 5) is 64.5. The molecule has 0 aliphatic heterocycles. The third kappa shape index (κ3) is 4.46. The van der Waals surface area contributed by atoms with Crippen LogP contribution < -0.4 is 0 Å². The lowest BCUT2D eigenvalue weighted by molar-refractivity contribution is -0.176. The summed E-state index contributed by atoms with van der Waals surface area (Å²) in [6.07, 6.45) is 7.82. The Labute approximate surface area is 218 Å². The number of esters is 1. The first-order valence-electron chi connectivity index (χ1n) is 13.5. The number of allylic oxidation sites excluding steroid dienone is 4. The lowest BCUT2D eigenvalue weighted by Crippen LogP contribution is -2.62. The van der Waals surface area contributed by atoms with Crippen LogP contribution in [0.15, 0.2) is 23.8 Å². The van der Waals surface area contributed by atoms with Crippen molar-refractivity contribution >= 4 is 29.5 Å². The van der Waals surface area contributed by atoms with E-state index in [2.05, 4.69) is 0 Å². The summed E-state index contributed by atoms with van der Waals surface area (Å²) in [6, 6.07) is 0.